The largest absolute Gasteiger partial charge is 0.496 e. The van der Waals surface area contributed by atoms with E-state index in [9.17, 15) is 4.79 Å². The Morgan fingerprint density at radius 3 is 2.65 bits per heavy atom. The first-order valence-corrected chi connectivity index (χ1v) is 6.88. The van der Waals surface area contributed by atoms with Crippen molar-refractivity contribution in [3.8, 4) is 5.75 Å². The van der Waals surface area contributed by atoms with Gasteiger partial charge in [0, 0.05) is 11.3 Å². The highest BCUT2D eigenvalue weighted by atomic mass is 79.9. The highest BCUT2D eigenvalue weighted by Crippen LogP contribution is 2.28. The summed E-state index contributed by atoms with van der Waals surface area (Å²) in [5.41, 5.74) is 7.14. The molecule has 0 saturated carbocycles. The molecule has 0 heterocycles. The summed E-state index contributed by atoms with van der Waals surface area (Å²) in [5, 5.41) is 3.13. The third kappa shape index (κ3) is 3.23. The van der Waals surface area contributed by atoms with Gasteiger partial charge in [-0.05, 0) is 52.3 Å². The molecule has 2 aromatic carbocycles. The molecule has 6 heteroatoms. The third-order valence-corrected chi connectivity index (χ3v) is 3.62. The average Bonchev–Trinajstić information content (AvgIpc) is 2.42. The Morgan fingerprint density at radius 1 is 1.30 bits per heavy atom. The number of halogens is 2. The number of ether oxygens (including phenoxy) is 1. The second kappa shape index (κ2) is 6.15. The van der Waals surface area contributed by atoms with Crippen LogP contribution in [-0.2, 0) is 0 Å². The first-order chi connectivity index (χ1) is 9.51. The number of nitrogens with one attached hydrogen (secondary N) is 1. The van der Waals surface area contributed by atoms with Crippen LogP contribution in [0.15, 0.2) is 40.9 Å². The van der Waals surface area contributed by atoms with E-state index in [1.54, 1.807) is 37.4 Å². The maximum atomic E-state index is 12.1. The monoisotopic (exact) mass is 354 g/mol. The normalized spacial score (nSPS) is 10.2. The molecular weight excluding hydrogens is 344 g/mol. The van der Waals surface area contributed by atoms with Gasteiger partial charge in [-0.15, -0.1) is 0 Å². The van der Waals surface area contributed by atoms with Crippen molar-refractivity contribution in [2.75, 3.05) is 18.2 Å². The Hall–Kier alpha value is -1.72. The van der Waals surface area contributed by atoms with Crippen molar-refractivity contribution in [1.82, 2.24) is 0 Å². The van der Waals surface area contributed by atoms with Crippen molar-refractivity contribution < 1.29 is 9.53 Å². The van der Waals surface area contributed by atoms with Gasteiger partial charge in [0.05, 0.1) is 22.3 Å². The van der Waals surface area contributed by atoms with Gasteiger partial charge in [-0.25, -0.2) is 0 Å². The highest BCUT2D eigenvalue weighted by molar-refractivity contribution is 9.10. The minimum absolute atomic E-state index is 0.260. The minimum atomic E-state index is -0.260. The average molecular weight is 356 g/mol. The van der Waals surface area contributed by atoms with Crippen LogP contribution in [-0.4, -0.2) is 13.0 Å². The predicted octanol–water partition coefficient (Wildman–Crippen LogP) is 3.95. The SMILES string of the molecule is COc1ccc(NC(=O)c2ccc(N)c(Cl)c2)cc1Br. The summed E-state index contributed by atoms with van der Waals surface area (Å²) in [7, 11) is 1.58. The van der Waals surface area contributed by atoms with Crippen LogP contribution in [0.1, 0.15) is 10.4 Å². The maximum Gasteiger partial charge on any atom is 0.255 e. The van der Waals surface area contributed by atoms with Crippen LogP contribution in [0.5, 0.6) is 5.75 Å². The quantitative estimate of drug-likeness (QED) is 0.820. The number of carbonyl (C=O) groups excluding carboxylic acids is 1. The van der Waals surface area contributed by atoms with E-state index in [4.69, 9.17) is 22.1 Å². The Labute approximate surface area is 130 Å². The van der Waals surface area contributed by atoms with Crippen molar-refractivity contribution in [3.63, 3.8) is 0 Å². The van der Waals surface area contributed by atoms with Crippen LogP contribution >= 0.6 is 27.5 Å². The molecule has 0 saturated heterocycles. The van der Waals surface area contributed by atoms with Gasteiger partial charge in [-0.1, -0.05) is 11.6 Å². The van der Waals surface area contributed by atoms with Gasteiger partial charge in [0.15, 0.2) is 0 Å². The van der Waals surface area contributed by atoms with E-state index in [1.165, 1.54) is 6.07 Å². The fourth-order valence-corrected chi connectivity index (χ4v) is 2.34. The molecule has 0 aromatic heterocycles. The predicted molar refractivity (Wildman–Crippen MR) is 84.5 cm³/mol. The molecule has 2 aromatic rings. The zero-order valence-electron chi connectivity index (χ0n) is 10.6. The lowest BCUT2D eigenvalue weighted by molar-refractivity contribution is 0.102. The summed E-state index contributed by atoms with van der Waals surface area (Å²) in [6.45, 7) is 0. The number of nitrogen functional groups attached to an aromatic ring is 1. The smallest absolute Gasteiger partial charge is 0.255 e. The van der Waals surface area contributed by atoms with E-state index in [-0.39, 0.29) is 5.91 Å². The number of nitrogens with two attached hydrogens (primary N) is 1. The van der Waals surface area contributed by atoms with E-state index in [1.807, 2.05) is 0 Å². The van der Waals surface area contributed by atoms with Crippen LogP contribution in [0.25, 0.3) is 0 Å². The molecule has 104 valence electrons. The van der Waals surface area contributed by atoms with E-state index in [2.05, 4.69) is 21.2 Å². The molecule has 0 unspecified atom stereocenters. The molecule has 0 spiro atoms. The zero-order chi connectivity index (χ0) is 14.7. The Morgan fingerprint density at radius 2 is 2.05 bits per heavy atom. The maximum absolute atomic E-state index is 12.1. The van der Waals surface area contributed by atoms with Gasteiger partial charge < -0.3 is 15.8 Å². The van der Waals surface area contributed by atoms with Gasteiger partial charge in [-0.3, -0.25) is 4.79 Å². The summed E-state index contributed by atoms with van der Waals surface area (Å²) in [4.78, 5) is 12.1. The van der Waals surface area contributed by atoms with Crippen LogP contribution in [0.4, 0.5) is 11.4 Å². The summed E-state index contributed by atoms with van der Waals surface area (Å²) in [6, 6.07) is 10.0. The summed E-state index contributed by atoms with van der Waals surface area (Å²) in [6.07, 6.45) is 0. The van der Waals surface area contributed by atoms with Crippen LogP contribution in [0.3, 0.4) is 0 Å². The molecule has 0 aliphatic carbocycles. The molecule has 1 amide bonds. The van der Waals surface area contributed by atoms with Crippen molar-refractivity contribution in [2.45, 2.75) is 0 Å². The molecule has 20 heavy (non-hydrogen) atoms. The van der Waals surface area contributed by atoms with E-state index >= 15 is 0 Å². The minimum Gasteiger partial charge on any atom is -0.496 e. The number of amides is 1. The second-order valence-electron chi connectivity index (χ2n) is 4.04. The zero-order valence-corrected chi connectivity index (χ0v) is 13.0. The fourth-order valence-electron chi connectivity index (χ4n) is 1.62. The highest BCUT2D eigenvalue weighted by Gasteiger charge is 2.09. The van der Waals surface area contributed by atoms with Gasteiger partial charge in [0.2, 0.25) is 0 Å². The van der Waals surface area contributed by atoms with Gasteiger partial charge in [-0.2, -0.15) is 0 Å². The van der Waals surface area contributed by atoms with Gasteiger partial charge >= 0.3 is 0 Å². The second-order valence-corrected chi connectivity index (χ2v) is 5.30. The van der Waals surface area contributed by atoms with E-state index in [0.717, 1.165) is 4.47 Å². The summed E-state index contributed by atoms with van der Waals surface area (Å²) in [5.74, 6) is 0.433. The van der Waals surface area contributed by atoms with E-state index < -0.39 is 0 Å². The standard InChI is InChI=1S/C14H12BrClN2O2/c1-20-13-5-3-9(7-10(13)15)18-14(19)8-2-4-12(17)11(16)6-8/h2-7H,17H2,1H3,(H,18,19). The number of anilines is 2. The first-order valence-electron chi connectivity index (χ1n) is 5.71. The van der Waals surface area contributed by atoms with Crippen LogP contribution < -0.4 is 15.8 Å². The lowest BCUT2D eigenvalue weighted by Gasteiger charge is -2.09. The molecule has 0 radical (unpaired) electrons. The topological polar surface area (TPSA) is 64.3 Å². The number of benzene rings is 2. The molecule has 2 rings (SSSR count). The molecule has 0 fully saturated rings. The Balaban J connectivity index is 2.19. The van der Waals surface area contributed by atoms with Crippen LogP contribution in [0.2, 0.25) is 5.02 Å². The Bertz CT molecular complexity index is 662. The molecule has 4 nitrogen and oxygen atoms in total. The lowest BCUT2D eigenvalue weighted by Crippen LogP contribution is -2.12. The lowest BCUT2D eigenvalue weighted by atomic mass is 10.2. The number of hydrogen-bond donors (Lipinski definition) is 2. The molecule has 0 bridgehead atoms. The molecule has 0 aliphatic rings. The first kappa shape index (κ1) is 14.7. The molecule has 3 N–H and O–H groups in total. The molecule has 0 atom stereocenters. The number of hydrogen-bond acceptors (Lipinski definition) is 3. The molecule has 0 aliphatic heterocycles. The van der Waals surface area contributed by atoms with Crippen molar-refractivity contribution in [3.05, 3.63) is 51.5 Å². The summed E-state index contributed by atoms with van der Waals surface area (Å²) >= 11 is 9.26. The fraction of sp³-hybridized carbons (Fsp3) is 0.0714. The number of rotatable bonds is 3. The molecular formula is C14H12BrClN2O2. The van der Waals surface area contributed by atoms with Gasteiger partial charge in [0.1, 0.15) is 5.75 Å². The van der Waals surface area contributed by atoms with Gasteiger partial charge in [0.25, 0.3) is 5.91 Å². The van der Waals surface area contributed by atoms with Crippen molar-refractivity contribution >= 4 is 44.8 Å². The summed E-state index contributed by atoms with van der Waals surface area (Å²) < 4.78 is 5.89. The van der Waals surface area contributed by atoms with Crippen molar-refractivity contribution in [1.29, 1.82) is 0 Å². The Kier molecular flexibility index (Phi) is 4.52. The number of methoxy groups -OCH3 is 1. The number of carbonyl (C=O) groups is 1. The van der Waals surface area contributed by atoms with Crippen LogP contribution in [0, 0.1) is 0 Å². The van der Waals surface area contributed by atoms with Crippen molar-refractivity contribution in [2.24, 2.45) is 0 Å². The van der Waals surface area contributed by atoms with E-state index in [0.29, 0.717) is 27.7 Å². The third-order valence-electron chi connectivity index (χ3n) is 2.67.